The summed E-state index contributed by atoms with van der Waals surface area (Å²) >= 11 is 0. The number of guanidine groups is 1. The van der Waals surface area contributed by atoms with Gasteiger partial charge < -0.3 is 16.4 Å². The van der Waals surface area contributed by atoms with Crippen LogP contribution in [0, 0.1) is 11.3 Å². The van der Waals surface area contributed by atoms with Crippen LogP contribution in [0.15, 0.2) is 4.99 Å². The van der Waals surface area contributed by atoms with Gasteiger partial charge in [0.15, 0.2) is 5.96 Å². The number of rotatable bonds is 7. The van der Waals surface area contributed by atoms with Crippen molar-refractivity contribution in [3.63, 3.8) is 0 Å². The van der Waals surface area contributed by atoms with Crippen LogP contribution in [0.4, 0.5) is 0 Å². The third-order valence-corrected chi connectivity index (χ3v) is 2.62. The van der Waals surface area contributed by atoms with Crippen molar-refractivity contribution in [1.82, 2.24) is 10.6 Å². The Hall–Kier alpha value is -1.26. The van der Waals surface area contributed by atoms with E-state index < -0.39 is 5.41 Å². The first kappa shape index (κ1) is 16.7. The maximum atomic E-state index is 11.7. The summed E-state index contributed by atoms with van der Waals surface area (Å²) in [5.41, 5.74) is 5.22. The summed E-state index contributed by atoms with van der Waals surface area (Å²) in [4.78, 5) is 16.0. The van der Waals surface area contributed by atoms with Gasteiger partial charge in [0.25, 0.3) is 0 Å². The molecule has 5 heteroatoms. The van der Waals surface area contributed by atoms with Crippen LogP contribution in [0.1, 0.15) is 41.0 Å². The molecular weight excluding hydrogens is 228 g/mol. The summed E-state index contributed by atoms with van der Waals surface area (Å²) in [6.45, 7) is 11.8. The molecule has 0 saturated heterocycles. The van der Waals surface area contributed by atoms with E-state index in [1.807, 2.05) is 20.8 Å². The average molecular weight is 256 g/mol. The molecule has 0 aromatic carbocycles. The van der Waals surface area contributed by atoms with E-state index in [4.69, 9.17) is 5.73 Å². The van der Waals surface area contributed by atoms with Gasteiger partial charge in [-0.15, -0.1) is 0 Å². The van der Waals surface area contributed by atoms with E-state index >= 15 is 0 Å². The predicted molar refractivity (Wildman–Crippen MR) is 76.4 cm³/mol. The number of hydrogen-bond donors (Lipinski definition) is 3. The van der Waals surface area contributed by atoms with Gasteiger partial charge in [-0.3, -0.25) is 9.79 Å². The van der Waals surface area contributed by atoms with Gasteiger partial charge in [-0.1, -0.05) is 13.8 Å². The standard InChI is InChI=1S/C13H28N4O/c1-6-15-11(18)13(4,5)9-17-12(14)16-8-7-10(2)3/h10H,6-9H2,1-5H3,(H,15,18)(H3,14,16,17). The molecule has 0 heterocycles. The number of nitrogens with two attached hydrogens (primary N) is 1. The van der Waals surface area contributed by atoms with E-state index in [9.17, 15) is 4.79 Å². The van der Waals surface area contributed by atoms with Crippen molar-refractivity contribution in [2.24, 2.45) is 22.1 Å². The molecule has 106 valence electrons. The lowest BCUT2D eigenvalue weighted by Crippen LogP contribution is -2.40. The molecule has 0 aliphatic carbocycles. The number of nitrogens with one attached hydrogen (secondary N) is 2. The zero-order valence-corrected chi connectivity index (χ0v) is 12.3. The van der Waals surface area contributed by atoms with Crippen molar-refractivity contribution in [3.05, 3.63) is 0 Å². The number of hydrogen-bond acceptors (Lipinski definition) is 2. The molecule has 0 spiro atoms. The molecule has 4 N–H and O–H groups in total. The average Bonchev–Trinajstić information content (AvgIpc) is 2.26. The Balaban J connectivity index is 4.14. The molecule has 1 amide bonds. The Morgan fingerprint density at radius 1 is 1.33 bits per heavy atom. The molecule has 5 nitrogen and oxygen atoms in total. The smallest absolute Gasteiger partial charge is 0.227 e. The van der Waals surface area contributed by atoms with Crippen molar-refractivity contribution in [3.8, 4) is 0 Å². The second-order valence-corrected chi connectivity index (χ2v) is 5.55. The van der Waals surface area contributed by atoms with Crippen molar-refractivity contribution in [2.45, 2.75) is 41.0 Å². The molecule has 0 unspecified atom stereocenters. The van der Waals surface area contributed by atoms with Crippen LogP contribution >= 0.6 is 0 Å². The number of nitrogens with zero attached hydrogens (tertiary/aromatic N) is 1. The Kier molecular flexibility index (Phi) is 7.39. The van der Waals surface area contributed by atoms with Crippen molar-refractivity contribution >= 4 is 11.9 Å². The molecular formula is C13H28N4O. The summed E-state index contributed by atoms with van der Waals surface area (Å²) < 4.78 is 0. The topological polar surface area (TPSA) is 79.5 Å². The Bertz CT molecular complexity index is 285. The first-order valence-electron chi connectivity index (χ1n) is 6.61. The molecule has 0 bridgehead atoms. The Morgan fingerprint density at radius 3 is 2.44 bits per heavy atom. The molecule has 18 heavy (non-hydrogen) atoms. The largest absolute Gasteiger partial charge is 0.370 e. The minimum absolute atomic E-state index is 0.00345. The third kappa shape index (κ3) is 7.14. The summed E-state index contributed by atoms with van der Waals surface area (Å²) in [7, 11) is 0. The summed E-state index contributed by atoms with van der Waals surface area (Å²) in [5, 5.41) is 5.85. The minimum atomic E-state index is -0.527. The predicted octanol–water partition coefficient (Wildman–Crippen LogP) is 1.10. The highest BCUT2D eigenvalue weighted by Gasteiger charge is 2.26. The molecule has 0 radical (unpaired) electrons. The molecule has 0 aliphatic rings. The number of aliphatic imine (C=N–C) groups is 1. The van der Waals surface area contributed by atoms with E-state index in [0.717, 1.165) is 13.0 Å². The fraction of sp³-hybridized carbons (Fsp3) is 0.846. The van der Waals surface area contributed by atoms with Gasteiger partial charge in [-0.2, -0.15) is 0 Å². The first-order valence-corrected chi connectivity index (χ1v) is 6.61. The van der Waals surface area contributed by atoms with Crippen LogP contribution in [0.5, 0.6) is 0 Å². The van der Waals surface area contributed by atoms with Gasteiger partial charge in [0.2, 0.25) is 5.91 Å². The highest BCUT2D eigenvalue weighted by molar-refractivity contribution is 5.83. The van der Waals surface area contributed by atoms with Crippen LogP contribution in [-0.2, 0) is 4.79 Å². The molecule has 0 aliphatic heterocycles. The second-order valence-electron chi connectivity index (χ2n) is 5.55. The van der Waals surface area contributed by atoms with Gasteiger partial charge in [0.1, 0.15) is 0 Å². The molecule has 0 aromatic heterocycles. The maximum absolute atomic E-state index is 11.7. The lowest BCUT2D eigenvalue weighted by molar-refractivity contribution is -0.128. The fourth-order valence-electron chi connectivity index (χ4n) is 1.30. The van der Waals surface area contributed by atoms with Crippen LogP contribution in [0.25, 0.3) is 0 Å². The monoisotopic (exact) mass is 256 g/mol. The van der Waals surface area contributed by atoms with E-state index in [0.29, 0.717) is 25.0 Å². The van der Waals surface area contributed by atoms with Gasteiger partial charge in [0, 0.05) is 13.1 Å². The molecule has 0 rings (SSSR count). The van der Waals surface area contributed by atoms with E-state index in [2.05, 4.69) is 29.5 Å². The highest BCUT2D eigenvalue weighted by Crippen LogP contribution is 2.15. The van der Waals surface area contributed by atoms with Gasteiger partial charge in [0.05, 0.1) is 12.0 Å². The zero-order valence-electron chi connectivity index (χ0n) is 12.3. The lowest BCUT2D eigenvalue weighted by atomic mass is 9.92. The maximum Gasteiger partial charge on any atom is 0.227 e. The second kappa shape index (κ2) is 7.95. The van der Waals surface area contributed by atoms with Crippen LogP contribution < -0.4 is 16.4 Å². The molecule has 0 saturated carbocycles. The quantitative estimate of drug-likeness (QED) is 0.471. The zero-order chi connectivity index (χ0) is 14.2. The van der Waals surface area contributed by atoms with Gasteiger partial charge >= 0.3 is 0 Å². The van der Waals surface area contributed by atoms with Crippen LogP contribution in [0.2, 0.25) is 0 Å². The molecule has 0 fully saturated rings. The van der Waals surface area contributed by atoms with E-state index in [1.165, 1.54) is 0 Å². The van der Waals surface area contributed by atoms with Crippen molar-refractivity contribution in [1.29, 1.82) is 0 Å². The van der Waals surface area contributed by atoms with Crippen LogP contribution in [0.3, 0.4) is 0 Å². The SMILES string of the molecule is CCNC(=O)C(C)(C)CN=C(N)NCCC(C)C. The number of amides is 1. The first-order chi connectivity index (χ1) is 8.29. The normalized spacial score (nSPS) is 12.7. The van der Waals surface area contributed by atoms with Crippen molar-refractivity contribution in [2.75, 3.05) is 19.6 Å². The number of carbonyl (C=O) groups excluding carboxylic acids is 1. The third-order valence-electron chi connectivity index (χ3n) is 2.62. The highest BCUT2D eigenvalue weighted by atomic mass is 16.2. The summed E-state index contributed by atoms with van der Waals surface area (Å²) in [5.74, 6) is 1.05. The molecule has 0 aromatic rings. The Morgan fingerprint density at radius 2 is 1.94 bits per heavy atom. The van der Waals surface area contributed by atoms with E-state index in [-0.39, 0.29) is 5.91 Å². The Labute approximate surface area is 111 Å². The number of carbonyl (C=O) groups is 1. The van der Waals surface area contributed by atoms with E-state index in [1.54, 1.807) is 0 Å². The van der Waals surface area contributed by atoms with Crippen molar-refractivity contribution < 1.29 is 4.79 Å². The van der Waals surface area contributed by atoms with Crippen LogP contribution in [-0.4, -0.2) is 31.5 Å². The van der Waals surface area contributed by atoms with Gasteiger partial charge in [-0.25, -0.2) is 0 Å². The molecule has 0 atom stereocenters. The van der Waals surface area contributed by atoms with Gasteiger partial charge in [-0.05, 0) is 33.1 Å². The fourth-order valence-corrected chi connectivity index (χ4v) is 1.30. The minimum Gasteiger partial charge on any atom is -0.370 e. The lowest BCUT2D eigenvalue weighted by Gasteiger charge is -2.21. The summed E-state index contributed by atoms with van der Waals surface area (Å²) in [6.07, 6.45) is 1.05. The summed E-state index contributed by atoms with van der Waals surface area (Å²) in [6, 6.07) is 0.